The van der Waals surface area contributed by atoms with Crippen molar-refractivity contribution >= 4 is 69.2 Å². The molecule has 2 aromatic rings. The zero-order valence-corrected chi connectivity index (χ0v) is 45.4. The molecular weight excluding hydrogens is 939 g/mol. The number of aromatic nitrogens is 1. The summed E-state index contributed by atoms with van der Waals surface area (Å²) in [6.45, 7) is 17.8. The number of amides is 1. The average molecular weight is 1020 g/mol. The SMILES string of the molecule is CN=C(N)NCCC[C@H](CC(=O)OC(C)(C)C)C(=O)N(C)OC.CN=C(N)NCCC[C@H](CC(=O)OC(C)(C)C)C(=O)O.CN=C(N)NCCC[C@H](CC(=O)OC(C)(C)C)C(O)c1nc2ccccc2s1. The summed E-state index contributed by atoms with van der Waals surface area (Å²) in [5, 5.41) is 30.6. The molecule has 2 rings (SSSR count). The predicted octanol–water partition coefficient (Wildman–Crippen LogP) is 4.39. The van der Waals surface area contributed by atoms with E-state index in [1.54, 1.807) is 62.7 Å². The maximum atomic E-state index is 12.4. The highest BCUT2D eigenvalue weighted by Crippen LogP contribution is 2.34. The number of aliphatic hydroxyl groups excluding tert-OH is 1. The minimum atomic E-state index is -0.993. The topological polar surface area (TPSA) is 330 Å². The first-order chi connectivity index (χ1) is 32.9. The second-order valence-electron chi connectivity index (χ2n) is 19.4. The Balaban J connectivity index is 0.00000105. The van der Waals surface area contributed by atoms with E-state index in [1.807, 2.05) is 45.0 Å². The van der Waals surface area contributed by atoms with Gasteiger partial charge in [0.15, 0.2) is 17.9 Å². The van der Waals surface area contributed by atoms with Crippen molar-refractivity contribution in [2.24, 2.45) is 49.9 Å². The van der Waals surface area contributed by atoms with Crippen LogP contribution in [0.25, 0.3) is 10.2 Å². The minimum Gasteiger partial charge on any atom is -0.481 e. The monoisotopic (exact) mass is 1020 g/mol. The second-order valence-corrected chi connectivity index (χ2v) is 20.4. The molecule has 0 saturated heterocycles. The number of carbonyl (C=O) groups excluding carboxylic acids is 4. The summed E-state index contributed by atoms with van der Waals surface area (Å²) in [6.07, 6.45) is 2.67. The molecule has 23 heteroatoms. The third kappa shape index (κ3) is 31.2. The number of carboxylic acid groups (broad SMARTS) is 1. The van der Waals surface area contributed by atoms with Crippen molar-refractivity contribution in [2.45, 2.75) is 143 Å². The van der Waals surface area contributed by atoms with E-state index in [4.69, 9.17) is 41.4 Å². The average Bonchev–Trinajstić information content (AvgIpc) is 3.71. The van der Waals surface area contributed by atoms with Crippen molar-refractivity contribution in [1.29, 1.82) is 0 Å². The Morgan fingerprint density at radius 2 is 1.07 bits per heavy atom. The van der Waals surface area contributed by atoms with Crippen LogP contribution in [0.3, 0.4) is 0 Å². The number of thiazole rings is 1. The summed E-state index contributed by atoms with van der Waals surface area (Å²) in [5.41, 5.74) is 15.7. The summed E-state index contributed by atoms with van der Waals surface area (Å²) in [5.74, 6) is -2.98. The molecule has 0 fully saturated rings. The Hall–Kier alpha value is -5.81. The first-order valence-electron chi connectivity index (χ1n) is 23.6. The van der Waals surface area contributed by atoms with Crippen LogP contribution in [-0.2, 0) is 43.0 Å². The van der Waals surface area contributed by atoms with Crippen LogP contribution in [0, 0.1) is 17.8 Å². The van der Waals surface area contributed by atoms with Crippen LogP contribution in [0.15, 0.2) is 39.2 Å². The number of nitrogens with one attached hydrogen (secondary N) is 3. The van der Waals surface area contributed by atoms with Crippen molar-refractivity contribution in [2.75, 3.05) is 54.9 Å². The molecule has 1 amide bonds. The van der Waals surface area contributed by atoms with Gasteiger partial charge in [-0.15, -0.1) is 11.3 Å². The quantitative estimate of drug-likeness (QED) is 0.0191. The van der Waals surface area contributed by atoms with E-state index < -0.39 is 52.7 Å². The van der Waals surface area contributed by atoms with Crippen LogP contribution in [0.1, 0.15) is 131 Å². The molecule has 1 aromatic heterocycles. The van der Waals surface area contributed by atoms with Gasteiger partial charge in [0, 0.05) is 53.7 Å². The van der Waals surface area contributed by atoms with Gasteiger partial charge < -0.3 is 57.6 Å². The molecular formula is C48H85N11O11S. The predicted molar refractivity (Wildman–Crippen MR) is 278 cm³/mol. The lowest BCUT2D eigenvalue weighted by Gasteiger charge is -2.24. The maximum Gasteiger partial charge on any atom is 0.307 e. The molecule has 0 aliphatic rings. The molecule has 22 nitrogen and oxygen atoms in total. The molecule has 11 N–H and O–H groups in total. The van der Waals surface area contributed by atoms with E-state index in [9.17, 15) is 29.1 Å². The second kappa shape index (κ2) is 33.0. The van der Waals surface area contributed by atoms with Gasteiger partial charge in [-0.2, -0.15) is 0 Å². The van der Waals surface area contributed by atoms with Crippen LogP contribution in [0.4, 0.5) is 0 Å². The zero-order chi connectivity index (χ0) is 54.5. The summed E-state index contributed by atoms with van der Waals surface area (Å²) in [4.78, 5) is 80.2. The van der Waals surface area contributed by atoms with E-state index >= 15 is 0 Å². The van der Waals surface area contributed by atoms with Gasteiger partial charge in [0.1, 0.15) is 27.9 Å². The normalized spacial score (nSPS) is 14.0. The molecule has 0 aliphatic heterocycles. The number of esters is 3. The van der Waals surface area contributed by atoms with Gasteiger partial charge in [-0.3, -0.25) is 43.8 Å². The Bertz CT molecular complexity index is 1990. The van der Waals surface area contributed by atoms with Crippen molar-refractivity contribution in [1.82, 2.24) is 26.0 Å². The first kappa shape index (κ1) is 65.2. The number of aliphatic hydroxyl groups is 1. The largest absolute Gasteiger partial charge is 0.481 e. The van der Waals surface area contributed by atoms with E-state index in [1.165, 1.54) is 25.5 Å². The lowest BCUT2D eigenvalue weighted by molar-refractivity contribution is -0.177. The van der Waals surface area contributed by atoms with Crippen LogP contribution in [0.5, 0.6) is 0 Å². The number of ether oxygens (including phenoxy) is 3. The van der Waals surface area contributed by atoms with Crippen molar-refractivity contribution in [3.8, 4) is 0 Å². The van der Waals surface area contributed by atoms with Gasteiger partial charge in [-0.05, 0) is 113 Å². The molecule has 404 valence electrons. The lowest BCUT2D eigenvalue weighted by Crippen LogP contribution is -2.36. The summed E-state index contributed by atoms with van der Waals surface area (Å²) < 4.78 is 16.9. The van der Waals surface area contributed by atoms with Crippen LogP contribution in [-0.4, -0.2) is 140 Å². The molecule has 1 heterocycles. The third-order valence-electron chi connectivity index (χ3n) is 9.66. The van der Waals surface area contributed by atoms with Crippen molar-refractivity contribution in [3.63, 3.8) is 0 Å². The fraction of sp³-hybridized carbons (Fsp3) is 0.688. The molecule has 4 atom stereocenters. The van der Waals surface area contributed by atoms with Crippen molar-refractivity contribution < 1.29 is 53.2 Å². The van der Waals surface area contributed by atoms with Gasteiger partial charge in [0.2, 0.25) is 5.91 Å². The highest BCUT2D eigenvalue weighted by Gasteiger charge is 2.30. The van der Waals surface area contributed by atoms with Crippen LogP contribution in [0.2, 0.25) is 0 Å². The number of benzene rings is 1. The number of carboxylic acids is 1. The number of nitrogens with two attached hydrogens (primary N) is 3. The third-order valence-corrected chi connectivity index (χ3v) is 10.8. The molecule has 0 bridgehead atoms. The molecule has 0 radical (unpaired) electrons. The van der Waals surface area contributed by atoms with Gasteiger partial charge in [-0.25, -0.2) is 10.0 Å². The smallest absolute Gasteiger partial charge is 0.307 e. The van der Waals surface area contributed by atoms with Gasteiger partial charge in [-0.1, -0.05) is 12.1 Å². The van der Waals surface area contributed by atoms with Crippen LogP contribution >= 0.6 is 11.3 Å². The Kier molecular flexibility index (Phi) is 30.3. The number of hydrogen-bond donors (Lipinski definition) is 8. The van der Waals surface area contributed by atoms with Gasteiger partial charge in [0.05, 0.1) is 48.4 Å². The van der Waals surface area contributed by atoms with E-state index in [0.29, 0.717) is 74.6 Å². The number of aliphatic carboxylic acids is 1. The number of aliphatic imine (C=N–C) groups is 3. The number of nitrogens with zero attached hydrogens (tertiary/aromatic N) is 5. The molecule has 1 aromatic carbocycles. The number of hydrogen-bond acceptors (Lipinski definition) is 15. The number of fused-ring (bicyclic) bond motifs is 1. The first-order valence-corrected chi connectivity index (χ1v) is 24.4. The van der Waals surface area contributed by atoms with E-state index in [2.05, 4.69) is 35.9 Å². The number of carbonyl (C=O) groups is 5. The van der Waals surface area contributed by atoms with Gasteiger partial charge in [0.25, 0.3) is 0 Å². The molecule has 71 heavy (non-hydrogen) atoms. The number of guanidine groups is 3. The van der Waals surface area contributed by atoms with Gasteiger partial charge >= 0.3 is 23.9 Å². The van der Waals surface area contributed by atoms with Crippen molar-refractivity contribution in [3.05, 3.63) is 29.3 Å². The fourth-order valence-electron chi connectivity index (χ4n) is 6.28. The summed E-state index contributed by atoms with van der Waals surface area (Å²) >= 11 is 1.45. The number of hydroxylamine groups is 2. The van der Waals surface area contributed by atoms with E-state index in [-0.39, 0.29) is 37.1 Å². The standard InChI is InChI=1S/C20H30N4O3S.C15H30N4O4.C13H25N3O4/c1-20(2,3)27-16(25)12-13(8-7-11-23-19(21)22-4)17(26)18-24-14-9-5-6-10-15(14)28-18;1-15(2,3)23-12(20)10-11(13(21)19(5)22-6)8-7-9-18-14(16)17-4;1-13(2,3)20-10(17)8-9(11(18)19)6-5-7-16-12(14)15-4/h5-6,9-10,13,17,26H,7-8,11-12H2,1-4H3,(H3,21,22,23);11H,7-10H2,1-6H3,(H3,16,17,18);9H,5-8H2,1-4H3,(H,18,19)(H3,14,15,16)/t13-,17?;11-;9-/m111/s1. The zero-order valence-electron chi connectivity index (χ0n) is 44.5. The molecule has 1 unspecified atom stereocenters. The van der Waals surface area contributed by atoms with Crippen LogP contribution < -0.4 is 33.2 Å². The Labute approximate surface area is 424 Å². The highest BCUT2D eigenvalue weighted by molar-refractivity contribution is 7.18. The minimum absolute atomic E-state index is 0.0150. The highest BCUT2D eigenvalue weighted by atomic mass is 32.1. The maximum absolute atomic E-state index is 12.4. The molecule has 0 aliphatic carbocycles. The van der Waals surface area contributed by atoms with E-state index in [0.717, 1.165) is 21.7 Å². The molecule has 0 saturated carbocycles. The molecule has 0 spiro atoms. The summed E-state index contributed by atoms with van der Waals surface area (Å²) in [6, 6.07) is 7.76. The number of rotatable bonds is 23. The Morgan fingerprint density at radius 1 is 0.676 bits per heavy atom. The fourth-order valence-corrected chi connectivity index (χ4v) is 7.32. The number of para-hydroxylation sites is 1. The summed E-state index contributed by atoms with van der Waals surface area (Å²) in [7, 11) is 7.69. The Morgan fingerprint density at radius 3 is 1.46 bits per heavy atom. The lowest BCUT2D eigenvalue weighted by atomic mass is 9.93.